The number of nitrogens with zero attached hydrogens (tertiary/aromatic N) is 6. The van der Waals surface area contributed by atoms with Crippen LogP contribution in [0.2, 0.25) is 10.0 Å². The first kappa shape index (κ1) is 14.5. The van der Waals surface area contributed by atoms with Crippen LogP contribution in [0.15, 0.2) is 18.3 Å². The van der Waals surface area contributed by atoms with Gasteiger partial charge in [0.15, 0.2) is 6.61 Å². The van der Waals surface area contributed by atoms with Crippen LogP contribution in [-0.2, 0) is 13.7 Å². The number of halogens is 2. The summed E-state index contributed by atoms with van der Waals surface area (Å²) in [5.41, 5.74) is 0.780. The highest BCUT2D eigenvalue weighted by Crippen LogP contribution is 2.34. The second-order valence-corrected chi connectivity index (χ2v) is 5.22. The number of hydrogen-bond acceptors (Lipinski definition) is 6. The van der Waals surface area contributed by atoms with Crippen LogP contribution >= 0.6 is 23.2 Å². The van der Waals surface area contributed by atoms with E-state index in [4.69, 9.17) is 27.9 Å². The summed E-state index contributed by atoms with van der Waals surface area (Å²) in [6.45, 7) is 0.0613. The molecule has 3 rings (SSSR count). The van der Waals surface area contributed by atoms with E-state index in [0.29, 0.717) is 32.5 Å². The van der Waals surface area contributed by atoms with Crippen molar-refractivity contribution in [2.75, 3.05) is 0 Å². The second-order valence-electron chi connectivity index (χ2n) is 4.38. The maximum Gasteiger partial charge on any atom is 0.212 e. The number of rotatable bonds is 3. The van der Waals surface area contributed by atoms with Crippen LogP contribution in [0.3, 0.4) is 0 Å². The third kappa shape index (κ3) is 2.66. The van der Waals surface area contributed by atoms with Crippen LogP contribution in [0.25, 0.3) is 10.9 Å². The van der Waals surface area contributed by atoms with Crippen molar-refractivity contribution < 1.29 is 4.74 Å². The SMILES string of the molecule is Cn1nnc(COc2c(C#N)cnc3c(Cl)cc(Cl)cc23)n1. The Morgan fingerprint density at radius 1 is 1.36 bits per heavy atom. The van der Waals surface area contributed by atoms with E-state index in [9.17, 15) is 5.26 Å². The first-order valence-electron chi connectivity index (χ1n) is 6.12. The molecule has 3 aromatic rings. The molecule has 2 heterocycles. The normalized spacial score (nSPS) is 10.6. The fourth-order valence-electron chi connectivity index (χ4n) is 1.96. The predicted molar refractivity (Wildman–Crippen MR) is 79.6 cm³/mol. The molecule has 0 saturated carbocycles. The van der Waals surface area contributed by atoms with Crippen molar-refractivity contribution in [1.29, 1.82) is 5.26 Å². The van der Waals surface area contributed by atoms with Crippen molar-refractivity contribution in [3.63, 3.8) is 0 Å². The minimum Gasteiger partial charge on any atom is -0.483 e. The van der Waals surface area contributed by atoms with Crippen LogP contribution < -0.4 is 4.74 Å². The van der Waals surface area contributed by atoms with Crippen LogP contribution in [0, 0.1) is 11.3 Å². The first-order valence-corrected chi connectivity index (χ1v) is 6.87. The van der Waals surface area contributed by atoms with Crippen molar-refractivity contribution >= 4 is 34.1 Å². The zero-order valence-corrected chi connectivity index (χ0v) is 12.8. The molecule has 0 fully saturated rings. The van der Waals surface area contributed by atoms with Crippen LogP contribution in [0.4, 0.5) is 0 Å². The van der Waals surface area contributed by atoms with E-state index in [2.05, 4.69) is 20.4 Å². The lowest BCUT2D eigenvalue weighted by molar-refractivity contribution is 0.298. The Balaban J connectivity index is 2.07. The molecule has 9 heteroatoms. The van der Waals surface area contributed by atoms with Gasteiger partial charge in [-0.25, -0.2) is 0 Å². The molecule has 0 spiro atoms. The average Bonchev–Trinajstić information content (AvgIpc) is 2.90. The number of benzene rings is 1. The molecule has 2 aromatic heterocycles. The molecular weight excluding hydrogens is 327 g/mol. The molecule has 110 valence electrons. The number of pyridine rings is 1. The number of tetrazole rings is 1. The lowest BCUT2D eigenvalue weighted by Crippen LogP contribution is -2.02. The molecule has 0 aliphatic rings. The Labute approximate surface area is 135 Å². The number of hydrogen-bond donors (Lipinski definition) is 0. The molecule has 0 aliphatic heterocycles. The third-order valence-corrected chi connectivity index (χ3v) is 3.36. The number of ether oxygens (including phenoxy) is 1. The van der Waals surface area contributed by atoms with Gasteiger partial charge in [0.25, 0.3) is 0 Å². The summed E-state index contributed by atoms with van der Waals surface area (Å²) >= 11 is 12.2. The summed E-state index contributed by atoms with van der Waals surface area (Å²) in [6.07, 6.45) is 1.40. The van der Waals surface area contributed by atoms with E-state index < -0.39 is 0 Å². The molecule has 0 saturated heterocycles. The van der Waals surface area contributed by atoms with Gasteiger partial charge in [0.2, 0.25) is 5.82 Å². The summed E-state index contributed by atoms with van der Waals surface area (Å²) in [5, 5.41) is 22.2. The van der Waals surface area contributed by atoms with Gasteiger partial charge in [-0.1, -0.05) is 23.2 Å². The van der Waals surface area contributed by atoms with Crippen LogP contribution in [0.5, 0.6) is 5.75 Å². The van der Waals surface area contributed by atoms with E-state index in [0.717, 1.165) is 0 Å². The van der Waals surface area contributed by atoms with Gasteiger partial charge in [0.05, 0.1) is 17.6 Å². The molecule has 1 aromatic carbocycles. The molecule has 0 bridgehead atoms. The molecule has 0 aliphatic carbocycles. The quantitative estimate of drug-likeness (QED) is 0.731. The van der Waals surface area contributed by atoms with Crippen molar-refractivity contribution in [1.82, 2.24) is 25.2 Å². The second kappa shape index (κ2) is 5.75. The van der Waals surface area contributed by atoms with E-state index in [-0.39, 0.29) is 12.2 Å². The van der Waals surface area contributed by atoms with Crippen molar-refractivity contribution in [2.24, 2.45) is 7.05 Å². The molecule has 0 amide bonds. The first-order chi connectivity index (χ1) is 10.6. The zero-order valence-electron chi connectivity index (χ0n) is 11.3. The van der Waals surface area contributed by atoms with Gasteiger partial charge in [-0.15, -0.1) is 10.2 Å². The van der Waals surface area contributed by atoms with Gasteiger partial charge in [-0.3, -0.25) is 4.98 Å². The zero-order chi connectivity index (χ0) is 15.7. The fraction of sp³-hybridized carbons (Fsp3) is 0.154. The van der Waals surface area contributed by atoms with Gasteiger partial charge in [-0.2, -0.15) is 10.1 Å². The van der Waals surface area contributed by atoms with Crippen LogP contribution in [-0.4, -0.2) is 25.2 Å². The lowest BCUT2D eigenvalue weighted by atomic mass is 10.1. The topological polar surface area (TPSA) is 89.5 Å². The standard InChI is InChI=1S/C13H8Cl2N6O/c1-21-19-11(18-20-21)6-22-13-7(4-16)5-17-12-9(13)2-8(14)3-10(12)15/h2-3,5H,6H2,1H3. The largest absolute Gasteiger partial charge is 0.483 e. The number of aromatic nitrogens is 5. The predicted octanol–water partition coefficient (Wildman–Crippen LogP) is 2.52. The highest BCUT2D eigenvalue weighted by atomic mass is 35.5. The molecule has 0 N–H and O–H groups in total. The fourth-order valence-corrected chi connectivity index (χ4v) is 2.50. The molecule has 0 unspecified atom stereocenters. The third-order valence-electron chi connectivity index (χ3n) is 2.86. The molecule has 0 radical (unpaired) electrons. The number of fused-ring (bicyclic) bond motifs is 1. The van der Waals surface area contributed by atoms with Crippen molar-refractivity contribution in [3.05, 3.63) is 39.8 Å². The number of aryl methyl sites for hydroxylation is 1. The Morgan fingerprint density at radius 2 is 2.18 bits per heavy atom. The minimum absolute atomic E-state index is 0.0613. The van der Waals surface area contributed by atoms with E-state index in [1.807, 2.05) is 6.07 Å². The highest BCUT2D eigenvalue weighted by Gasteiger charge is 2.14. The Bertz CT molecular complexity index is 901. The lowest BCUT2D eigenvalue weighted by Gasteiger charge is -2.10. The van der Waals surface area contributed by atoms with Crippen LogP contribution in [0.1, 0.15) is 11.4 Å². The van der Waals surface area contributed by atoms with E-state index in [1.54, 1.807) is 19.2 Å². The Kier molecular flexibility index (Phi) is 3.79. The van der Waals surface area contributed by atoms with E-state index in [1.165, 1.54) is 11.0 Å². The van der Waals surface area contributed by atoms with Gasteiger partial charge >= 0.3 is 0 Å². The van der Waals surface area contributed by atoms with Gasteiger partial charge in [-0.05, 0) is 17.3 Å². The molecular formula is C13H8Cl2N6O. The Morgan fingerprint density at radius 3 is 2.86 bits per heavy atom. The highest BCUT2D eigenvalue weighted by molar-refractivity contribution is 6.38. The van der Waals surface area contributed by atoms with Gasteiger partial charge in [0, 0.05) is 16.6 Å². The van der Waals surface area contributed by atoms with E-state index >= 15 is 0 Å². The summed E-state index contributed by atoms with van der Waals surface area (Å²) in [7, 11) is 1.65. The Hall–Kier alpha value is -2.43. The van der Waals surface area contributed by atoms with Crippen molar-refractivity contribution in [2.45, 2.75) is 6.61 Å². The summed E-state index contributed by atoms with van der Waals surface area (Å²) in [5.74, 6) is 0.730. The molecule has 7 nitrogen and oxygen atoms in total. The molecule has 22 heavy (non-hydrogen) atoms. The summed E-state index contributed by atoms with van der Waals surface area (Å²) < 4.78 is 5.69. The number of nitriles is 1. The van der Waals surface area contributed by atoms with Gasteiger partial charge in [0.1, 0.15) is 17.4 Å². The smallest absolute Gasteiger partial charge is 0.212 e. The monoisotopic (exact) mass is 334 g/mol. The van der Waals surface area contributed by atoms with Crippen molar-refractivity contribution in [3.8, 4) is 11.8 Å². The average molecular weight is 335 g/mol. The summed E-state index contributed by atoms with van der Waals surface area (Å²) in [6, 6.07) is 5.26. The maximum atomic E-state index is 9.23. The van der Waals surface area contributed by atoms with Gasteiger partial charge < -0.3 is 4.74 Å². The maximum absolute atomic E-state index is 9.23. The summed E-state index contributed by atoms with van der Waals surface area (Å²) in [4.78, 5) is 5.49. The minimum atomic E-state index is 0.0613. The molecule has 0 atom stereocenters.